The number of para-hydroxylation sites is 1. The normalized spacial score (nSPS) is 9.12. The van der Waals surface area contributed by atoms with Gasteiger partial charge in [-0.2, -0.15) is 10.5 Å². The van der Waals surface area contributed by atoms with Gasteiger partial charge in [0.1, 0.15) is 12.1 Å². The van der Waals surface area contributed by atoms with Crippen LogP contribution in [-0.4, -0.2) is 9.94 Å². The monoisotopic (exact) mass is 209 g/mol. The molecule has 0 amide bonds. The molecule has 0 N–H and O–H groups in total. The van der Waals surface area contributed by atoms with Crippen molar-refractivity contribution in [2.75, 3.05) is 0 Å². The molecule has 0 saturated heterocycles. The molecule has 2 rings (SSSR count). The molecule has 1 radical (unpaired) electrons. The first-order valence-corrected chi connectivity index (χ1v) is 4.37. The minimum atomic E-state index is 0.199. The third-order valence-corrected chi connectivity index (χ3v) is 1.87. The molecule has 0 bridgehead atoms. The van der Waals surface area contributed by atoms with Crippen molar-refractivity contribution in [3.05, 3.63) is 47.8 Å². The molecule has 2 aromatic rings. The maximum atomic E-state index is 8.89. The molecule has 0 fully saturated rings. The molecule has 1 aromatic heterocycles. The average Bonchev–Trinajstić information content (AvgIpc) is 2.82. The second-order valence-electron chi connectivity index (χ2n) is 2.84. The average molecular weight is 209 g/mol. The Hall–Kier alpha value is -2.79. The first-order valence-electron chi connectivity index (χ1n) is 4.37. The Kier molecular flexibility index (Phi) is 2.53. The van der Waals surface area contributed by atoms with Crippen LogP contribution in [0.15, 0.2) is 30.6 Å². The molecule has 1 heterocycles. The molecule has 0 unspecified atom stereocenters. The van der Waals surface area contributed by atoms with E-state index >= 15 is 0 Å². The number of benzene rings is 1. The summed E-state index contributed by atoms with van der Waals surface area (Å²) in [6.07, 6.45) is 2.87. The van der Waals surface area contributed by atoms with Crippen LogP contribution < -0.4 is 4.84 Å². The van der Waals surface area contributed by atoms with E-state index < -0.39 is 0 Å². The molecular formula is C11H5N4O. The van der Waals surface area contributed by atoms with E-state index in [4.69, 9.17) is 15.4 Å². The summed E-state index contributed by atoms with van der Waals surface area (Å²) >= 11 is 0. The van der Waals surface area contributed by atoms with Gasteiger partial charge in [-0.25, -0.2) is 0 Å². The van der Waals surface area contributed by atoms with Gasteiger partial charge in [-0.3, -0.25) is 0 Å². The van der Waals surface area contributed by atoms with Gasteiger partial charge in [0.15, 0.2) is 5.75 Å². The van der Waals surface area contributed by atoms with Gasteiger partial charge in [0.25, 0.3) is 0 Å². The van der Waals surface area contributed by atoms with Crippen LogP contribution in [0.3, 0.4) is 0 Å². The highest BCUT2D eigenvalue weighted by atomic mass is 16.7. The van der Waals surface area contributed by atoms with Crippen LogP contribution in [-0.2, 0) is 0 Å². The second kappa shape index (κ2) is 4.16. The number of aromatic nitrogens is 2. The predicted molar refractivity (Wildman–Crippen MR) is 53.0 cm³/mol. The van der Waals surface area contributed by atoms with Gasteiger partial charge in [-0.15, -0.1) is 5.10 Å². The molecule has 1 aromatic carbocycles. The van der Waals surface area contributed by atoms with Gasteiger partial charge in [0.2, 0.25) is 0 Å². The van der Waals surface area contributed by atoms with E-state index in [9.17, 15) is 0 Å². The summed E-state index contributed by atoms with van der Waals surface area (Å²) in [5.41, 5.74) is 0.573. The van der Waals surface area contributed by atoms with E-state index in [1.165, 1.54) is 12.4 Å². The van der Waals surface area contributed by atoms with Crippen LogP contribution >= 0.6 is 0 Å². The van der Waals surface area contributed by atoms with Crippen LogP contribution in [0.25, 0.3) is 0 Å². The Balaban J connectivity index is 2.47. The minimum Gasteiger partial charge on any atom is -0.355 e. The van der Waals surface area contributed by atoms with Crippen molar-refractivity contribution in [2.24, 2.45) is 0 Å². The van der Waals surface area contributed by atoms with Crippen LogP contribution in [0, 0.1) is 28.7 Å². The van der Waals surface area contributed by atoms with Crippen molar-refractivity contribution in [2.45, 2.75) is 0 Å². The van der Waals surface area contributed by atoms with Crippen molar-refractivity contribution in [3.63, 3.8) is 0 Å². The van der Waals surface area contributed by atoms with Crippen molar-refractivity contribution < 1.29 is 4.84 Å². The molecule has 5 nitrogen and oxygen atoms in total. The number of rotatable bonds is 2. The third-order valence-electron chi connectivity index (χ3n) is 1.87. The van der Waals surface area contributed by atoms with Gasteiger partial charge in [-0.1, -0.05) is 10.9 Å². The van der Waals surface area contributed by atoms with Crippen LogP contribution in [0.2, 0.25) is 0 Å². The predicted octanol–water partition coefficient (Wildman–Crippen LogP) is 1.27. The van der Waals surface area contributed by atoms with Crippen molar-refractivity contribution >= 4 is 0 Å². The Labute approximate surface area is 91.7 Å². The molecule has 0 spiro atoms. The molecule has 5 heteroatoms. The fourth-order valence-corrected chi connectivity index (χ4v) is 1.18. The molecule has 0 aliphatic carbocycles. The quantitative estimate of drug-likeness (QED) is 0.746. The smallest absolute Gasteiger partial charge is 0.193 e. The number of hydrogen-bond donors (Lipinski definition) is 0. The highest BCUT2D eigenvalue weighted by Crippen LogP contribution is 2.22. The van der Waals surface area contributed by atoms with E-state index in [1.807, 2.05) is 12.1 Å². The van der Waals surface area contributed by atoms with Crippen molar-refractivity contribution in [1.29, 1.82) is 10.5 Å². The summed E-state index contributed by atoms with van der Waals surface area (Å²) in [6.45, 7) is 0. The number of hydrogen-bond acceptors (Lipinski definition) is 4. The lowest BCUT2D eigenvalue weighted by Crippen LogP contribution is -2.07. The van der Waals surface area contributed by atoms with Gasteiger partial charge in [0, 0.05) is 6.07 Å². The summed E-state index contributed by atoms with van der Waals surface area (Å²) in [5.74, 6) is 0.199. The molecule has 75 valence electrons. The topological polar surface area (TPSA) is 74.6 Å². The molecular weight excluding hydrogens is 204 g/mol. The lowest BCUT2D eigenvalue weighted by Gasteiger charge is -2.06. The Bertz CT molecular complexity index is 543. The zero-order valence-electron chi connectivity index (χ0n) is 8.08. The summed E-state index contributed by atoms with van der Waals surface area (Å²) in [7, 11) is 0. The Morgan fingerprint density at radius 3 is 2.44 bits per heavy atom. The van der Waals surface area contributed by atoms with Gasteiger partial charge < -0.3 is 4.84 Å². The zero-order chi connectivity index (χ0) is 11.4. The SMILES string of the molecule is N#Cc1cccc(C#N)c1On1c[c]cn1. The number of nitrogens with zero attached hydrogens (tertiary/aromatic N) is 4. The Morgan fingerprint density at radius 2 is 1.94 bits per heavy atom. The number of nitriles is 2. The minimum absolute atomic E-state index is 0.199. The molecule has 0 aliphatic heterocycles. The van der Waals surface area contributed by atoms with Gasteiger partial charge >= 0.3 is 0 Å². The van der Waals surface area contributed by atoms with E-state index in [-0.39, 0.29) is 16.9 Å². The molecule has 0 atom stereocenters. The summed E-state index contributed by atoms with van der Waals surface area (Å²) in [5, 5.41) is 21.6. The maximum absolute atomic E-state index is 8.89. The first kappa shape index (κ1) is 9.75. The van der Waals surface area contributed by atoms with E-state index in [0.29, 0.717) is 0 Å². The lowest BCUT2D eigenvalue weighted by atomic mass is 10.1. The molecule has 0 saturated carbocycles. The van der Waals surface area contributed by atoms with Crippen molar-refractivity contribution in [3.8, 4) is 17.9 Å². The summed E-state index contributed by atoms with van der Waals surface area (Å²) < 4.78 is 0. The van der Waals surface area contributed by atoms with E-state index in [0.717, 1.165) is 4.85 Å². The lowest BCUT2D eigenvalue weighted by molar-refractivity contribution is 0.177. The van der Waals surface area contributed by atoms with Crippen LogP contribution in [0.4, 0.5) is 0 Å². The Morgan fingerprint density at radius 1 is 1.25 bits per heavy atom. The van der Waals surface area contributed by atoms with E-state index in [2.05, 4.69) is 11.2 Å². The fourth-order valence-electron chi connectivity index (χ4n) is 1.18. The van der Waals surface area contributed by atoms with E-state index in [1.54, 1.807) is 18.2 Å². The largest absolute Gasteiger partial charge is 0.355 e. The standard InChI is InChI=1S/C11H5N4O/c12-7-9-3-1-4-10(8-13)11(9)16-15-6-2-5-14-15/h1,3-6H. The molecule has 16 heavy (non-hydrogen) atoms. The van der Waals surface area contributed by atoms with Crippen molar-refractivity contribution in [1.82, 2.24) is 9.94 Å². The highest BCUT2D eigenvalue weighted by Gasteiger charge is 2.10. The van der Waals surface area contributed by atoms with Gasteiger partial charge in [0.05, 0.1) is 23.5 Å². The fraction of sp³-hybridized carbons (Fsp3) is 0. The zero-order valence-corrected chi connectivity index (χ0v) is 8.08. The summed E-state index contributed by atoms with van der Waals surface area (Å²) in [6, 6.07) is 11.4. The van der Waals surface area contributed by atoms with Crippen LogP contribution in [0.5, 0.6) is 5.75 Å². The maximum Gasteiger partial charge on any atom is 0.193 e. The third kappa shape index (κ3) is 1.70. The first-order chi connectivity index (χ1) is 7.85. The second-order valence-corrected chi connectivity index (χ2v) is 2.84. The van der Waals surface area contributed by atoms with Crippen LogP contribution in [0.1, 0.15) is 11.1 Å². The highest BCUT2D eigenvalue weighted by molar-refractivity contribution is 5.53. The molecule has 0 aliphatic rings. The van der Waals surface area contributed by atoms with Gasteiger partial charge in [-0.05, 0) is 12.1 Å². The summed E-state index contributed by atoms with van der Waals surface area (Å²) in [4.78, 5) is 6.43.